The Morgan fingerprint density at radius 3 is 2.29 bits per heavy atom. The molecule has 240 valence electrons. The van der Waals surface area contributed by atoms with E-state index >= 15 is 0 Å². The van der Waals surface area contributed by atoms with Gasteiger partial charge in [0, 0.05) is 6.54 Å². The van der Waals surface area contributed by atoms with Crippen molar-refractivity contribution in [2.24, 2.45) is 5.92 Å². The minimum atomic E-state index is -0.579. The Kier molecular flexibility index (Phi) is 9.24. The number of benzene rings is 3. The van der Waals surface area contributed by atoms with Crippen molar-refractivity contribution in [1.29, 1.82) is 0 Å². The number of piperidine rings is 1. The highest BCUT2D eigenvalue weighted by molar-refractivity contribution is 6.36. The average Bonchev–Trinajstić information content (AvgIpc) is 3.33. The Morgan fingerprint density at radius 1 is 0.956 bits per heavy atom. The number of phenolic OH excluding ortho intramolecular Hbond substituents is 3. The summed E-state index contributed by atoms with van der Waals surface area (Å²) in [7, 11) is 0. The minimum absolute atomic E-state index is 0.0718. The van der Waals surface area contributed by atoms with Crippen LogP contribution in [0.25, 0.3) is 6.08 Å². The largest absolute Gasteiger partial charge is 0.503 e. The highest BCUT2D eigenvalue weighted by atomic mass is 35.5. The Hall–Kier alpha value is -3.57. The molecule has 5 nitrogen and oxygen atoms in total. The smallest absolute Gasteiger partial charge is 0.204 e. The van der Waals surface area contributed by atoms with Gasteiger partial charge in [-0.1, -0.05) is 81.3 Å². The van der Waals surface area contributed by atoms with Crippen molar-refractivity contribution in [1.82, 2.24) is 0 Å². The van der Waals surface area contributed by atoms with Crippen LogP contribution in [0.3, 0.4) is 0 Å². The summed E-state index contributed by atoms with van der Waals surface area (Å²) in [5, 5.41) is 36.1. The number of phenols is 3. The van der Waals surface area contributed by atoms with E-state index in [4.69, 9.17) is 11.6 Å². The van der Waals surface area contributed by atoms with Crippen LogP contribution in [0.5, 0.6) is 17.2 Å². The average molecular weight is 629 g/mol. The van der Waals surface area contributed by atoms with Crippen molar-refractivity contribution in [3.05, 3.63) is 93.5 Å². The molecule has 1 aliphatic carbocycles. The van der Waals surface area contributed by atoms with Gasteiger partial charge in [-0.05, 0) is 104 Å². The fraction of sp³-hybridized carbons (Fsp3) is 0.436. The van der Waals surface area contributed by atoms with Crippen LogP contribution < -0.4 is 10.2 Å². The van der Waals surface area contributed by atoms with Gasteiger partial charge in [0.25, 0.3) is 0 Å². The zero-order valence-electron chi connectivity index (χ0n) is 27.6. The van der Waals surface area contributed by atoms with E-state index in [-0.39, 0.29) is 16.3 Å². The summed E-state index contributed by atoms with van der Waals surface area (Å²) < 4.78 is 0. The second-order valence-electron chi connectivity index (χ2n) is 13.4. The molecule has 3 atom stereocenters. The SMILES string of the molecule is C=C.CCc1ccc(CCCC(C)CC2=Cc3cc(C)c(C)cc3C23CCC2(CC)CN3c3c(Cl)c(O)c(O)c(O)c3N2)cc1. The van der Waals surface area contributed by atoms with Crippen molar-refractivity contribution >= 4 is 29.1 Å². The second kappa shape index (κ2) is 12.7. The monoisotopic (exact) mass is 628 g/mol. The first-order valence-electron chi connectivity index (χ1n) is 16.5. The number of nitrogens with zero attached hydrogens (tertiary/aromatic N) is 1. The van der Waals surface area contributed by atoms with Gasteiger partial charge in [-0.15, -0.1) is 13.2 Å². The standard InChI is InChI=1S/C37H45ClN2O3.C2H4/c1-6-25-11-13-26(14-12-25)10-8-9-22(3)17-28-20-27-18-23(4)24(5)19-29(27)37(28)16-15-36(7-2)21-40(37)32-30(38)33(41)35(43)34(42)31(32)39-36;1-2/h11-14,18-20,22,39,41-43H,6-10,15-17,21H2,1-5H3;1-2H2. The zero-order valence-corrected chi connectivity index (χ0v) is 28.3. The molecule has 2 bridgehead atoms. The molecule has 6 heteroatoms. The highest BCUT2D eigenvalue weighted by Gasteiger charge is 2.56. The predicted octanol–water partition coefficient (Wildman–Crippen LogP) is 9.95. The Morgan fingerprint density at radius 2 is 1.62 bits per heavy atom. The van der Waals surface area contributed by atoms with Gasteiger partial charge in [-0.3, -0.25) is 0 Å². The molecule has 1 saturated heterocycles. The Balaban J connectivity index is 0.00000196. The summed E-state index contributed by atoms with van der Waals surface area (Å²) in [6, 6.07) is 13.7. The lowest BCUT2D eigenvalue weighted by Crippen LogP contribution is -2.64. The van der Waals surface area contributed by atoms with E-state index in [0.29, 0.717) is 23.8 Å². The Labute approximate surface area is 274 Å². The molecule has 45 heavy (non-hydrogen) atoms. The van der Waals surface area contributed by atoms with Crippen LogP contribution in [-0.4, -0.2) is 27.4 Å². The molecule has 0 saturated carbocycles. The van der Waals surface area contributed by atoms with Crippen LogP contribution in [0.1, 0.15) is 92.7 Å². The molecule has 3 unspecified atom stereocenters. The molecule has 6 rings (SSSR count). The topological polar surface area (TPSA) is 76.0 Å². The fourth-order valence-corrected chi connectivity index (χ4v) is 8.12. The predicted molar refractivity (Wildman–Crippen MR) is 189 cm³/mol. The normalized spacial score (nSPS) is 21.7. The van der Waals surface area contributed by atoms with Gasteiger partial charge in [-0.25, -0.2) is 0 Å². The summed E-state index contributed by atoms with van der Waals surface area (Å²) in [5.41, 5.74) is 9.43. The number of aromatic hydroxyl groups is 3. The molecule has 1 spiro atoms. The van der Waals surface area contributed by atoms with Crippen LogP contribution in [0, 0.1) is 19.8 Å². The first-order valence-corrected chi connectivity index (χ1v) is 16.8. The highest BCUT2D eigenvalue weighted by Crippen LogP contribution is 2.64. The first kappa shape index (κ1) is 32.8. The molecule has 0 aromatic heterocycles. The molecular weight excluding hydrogens is 580 g/mol. The third kappa shape index (κ3) is 5.48. The summed E-state index contributed by atoms with van der Waals surface area (Å²) in [4.78, 5) is 2.35. The van der Waals surface area contributed by atoms with Crippen molar-refractivity contribution < 1.29 is 15.3 Å². The van der Waals surface area contributed by atoms with Crippen LogP contribution in [-0.2, 0) is 18.4 Å². The second-order valence-corrected chi connectivity index (χ2v) is 13.7. The Bertz CT molecular complexity index is 1610. The quantitative estimate of drug-likeness (QED) is 0.113. The third-order valence-electron chi connectivity index (χ3n) is 10.7. The van der Waals surface area contributed by atoms with Gasteiger partial charge in [0.15, 0.2) is 11.5 Å². The van der Waals surface area contributed by atoms with E-state index in [2.05, 4.69) is 100 Å². The van der Waals surface area contributed by atoms with Gasteiger partial charge >= 0.3 is 0 Å². The fourth-order valence-electron chi connectivity index (χ4n) is 7.84. The van der Waals surface area contributed by atoms with Crippen molar-refractivity contribution in [3.8, 4) is 17.2 Å². The molecule has 0 amide bonds. The molecule has 0 radical (unpaired) electrons. The third-order valence-corrected chi connectivity index (χ3v) is 11.1. The maximum atomic E-state index is 11.1. The first-order chi connectivity index (χ1) is 21.5. The number of anilines is 2. The number of aryl methyl sites for hydroxylation is 4. The van der Waals surface area contributed by atoms with E-state index < -0.39 is 17.0 Å². The minimum Gasteiger partial charge on any atom is -0.503 e. The van der Waals surface area contributed by atoms with Gasteiger partial charge in [0.2, 0.25) is 5.75 Å². The van der Waals surface area contributed by atoms with Crippen LogP contribution in [0.15, 0.2) is 55.1 Å². The molecule has 3 aliphatic rings. The summed E-state index contributed by atoms with van der Waals surface area (Å²) in [6.07, 6.45) is 10.4. The lowest BCUT2D eigenvalue weighted by atomic mass is 9.68. The van der Waals surface area contributed by atoms with E-state index in [1.807, 2.05) is 0 Å². The van der Waals surface area contributed by atoms with Crippen molar-refractivity contribution in [2.45, 2.75) is 97.1 Å². The number of fused-ring (bicyclic) bond motifs is 7. The van der Waals surface area contributed by atoms with E-state index in [1.54, 1.807) is 0 Å². The van der Waals surface area contributed by atoms with Crippen molar-refractivity contribution in [3.63, 3.8) is 0 Å². The van der Waals surface area contributed by atoms with Gasteiger partial charge in [-0.2, -0.15) is 0 Å². The van der Waals surface area contributed by atoms with E-state index in [0.717, 1.165) is 51.4 Å². The molecule has 3 aromatic rings. The van der Waals surface area contributed by atoms with Crippen LogP contribution in [0.2, 0.25) is 5.02 Å². The summed E-state index contributed by atoms with van der Waals surface area (Å²) in [5.74, 6) is -0.925. The lowest BCUT2D eigenvalue weighted by Gasteiger charge is -2.59. The maximum Gasteiger partial charge on any atom is 0.204 e. The van der Waals surface area contributed by atoms with Crippen LogP contribution >= 0.6 is 11.6 Å². The number of rotatable bonds is 8. The lowest BCUT2D eigenvalue weighted by molar-refractivity contribution is 0.250. The van der Waals surface area contributed by atoms with Crippen LogP contribution in [0.4, 0.5) is 11.4 Å². The van der Waals surface area contributed by atoms with Gasteiger partial charge < -0.3 is 25.5 Å². The van der Waals surface area contributed by atoms with E-state index in [1.165, 1.54) is 39.0 Å². The molecule has 2 heterocycles. The number of nitrogens with one attached hydrogen (secondary N) is 1. The number of halogens is 1. The molecule has 4 N–H and O–H groups in total. The molecule has 1 fully saturated rings. The molecular formula is C39H49ClN2O3. The van der Waals surface area contributed by atoms with E-state index in [9.17, 15) is 15.3 Å². The number of hydrogen-bond acceptors (Lipinski definition) is 5. The van der Waals surface area contributed by atoms with Gasteiger partial charge in [0.1, 0.15) is 10.7 Å². The number of hydrogen-bond donors (Lipinski definition) is 4. The molecule has 3 aromatic carbocycles. The summed E-state index contributed by atoms with van der Waals surface area (Å²) >= 11 is 6.84. The van der Waals surface area contributed by atoms with Gasteiger partial charge in [0.05, 0.1) is 16.8 Å². The summed E-state index contributed by atoms with van der Waals surface area (Å²) in [6.45, 7) is 17.7. The van der Waals surface area contributed by atoms with Crippen molar-refractivity contribution in [2.75, 3.05) is 16.8 Å². The maximum absolute atomic E-state index is 11.1. The molecule has 2 aliphatic heterocycles. The zero-order chi connectivity index (χ0) is 32.7.